The summed E-state index contributed by atoms with van der Waals surface area (Å²) in [6.07, 6.45) is -3.24. The van der Waals surface area contributed by atoms with E-state index in [9.17, 15) is 18.0 Å². The van der Waals surface area contributed by atoms with Crippen LogP contribution in [0.5, 0.6) is 11.6 Å². The van der Waals surface area contributed by atoms with Gasteiger partial charge in [-0.3, -0.25) is 14.7 Å². The number of amides is 1. The van der Waals surface area contributed by atoms with Crippen molar-refractivity contribution in [3.63, 3.8) is 0 Å². The molecule has 1 aliphatic rings. The standard InChI is InChI=1S/C30H37F3N8O2/c1-19-9-11-21(43-28-22(8-7-13-35-28)26-38-29(34-2)36-18-41(26)6)17-24(19)37-27(42)23-16-20(30(31,32)33)10-12-25(23)40(5)15-14-39(3)4/h7-13,16-17,26H,14-15,18H2,1-6H3,(H,37,42)(H2,34,36,38). The fourth-order valence-electron chi connectivity index (χ4n) is 4.54. The second kappa shape index (κ2) is 13.3. The fourth-order valence-corrected chi connectivity index (χ4v) is 4.54. The van der Waals surface area contributed by atoms with E-state index in [4.69, 9.17) is 4.74 Å². The van der Waals surface area contributed by atoms with Gasteiger partial charge >= 0.3 is 6.18 Å². The first kappa shape index (κ1) is 31.6. The van der Waals surface area contributed by atoms with Gasteiger partial charge in [0.15, 0.2) is 5.96 Å². The Hall–Kier alpha value is -4.36. The maximum absolute atomic E-state index is 13.6. The molecule has 0 saturated carbocycles. The third-order valence-corrected chi connectivity index (χ3v) is 7.06. The fraction of sp³-hybridized carbons (Fsp3) is 0.367. The summed E-state index contributed by atoms with van der Waals surface area (Å²) in [5, 5.41) is 9.27. The summed E-state index contributed by atoms with van der Waals surface area (Å²) in [5.74, 6) is 0.727. The van der Waals surface area contributed by atoms with E-state index >= 15 is 0 Å². The SMILES string of the molecule is CN=C1NCN(C)C(c2cccnc2Oc2ccc(C)c(NC(=O)c3cc(C(F)(F)F)ccc3N(C)CCN(C)C)c2)N1. The smallest absolute Gasteiger partial charge is 0.416 e. The molecule has 1 unspecified atom stereocenters. The topological polar surface area (TPSA) is 97.4 Å². The van der Waals surface area contributed by atoms with E-state index in [-0.39, 0.29) is 11.7 Å². The van der Waals surface area contributed by atoms with Gasteiger partial charge in [0.1, 0.15) is 11.9 Å². The molecule has 1 atom stereocenters. The molecule has 3 N–H and O–H groups in total. The van der Waals surface area contributed by atoms with Gasteiger partial charge in [-0.25, -0.2) is 4.98 Å². The molecular weight excluding hydrogens is 561 g/mol. The molecule has 1 aliphatic heterocycles. The quantitative estimate of drug-likeness (QED) is 0.331. The highest BCUT2D eigenvalue weighted by Gasteiger charge is 2.32. The zero-order valence-electron chi connectivity index (χ0n) is 25.1. The van der Waals surface area contributed by atoms with E-state index in [1.54, 1.807) is 50.3 Å². The molecule has 13 heteroatoms. The second-order valence-electron chi connectivity index (χ2n) is 10.6. The Balaban J connectivity index is 1.62. The lowest BCUT2D eigenvalue weighted by atomic mass is 10.1. The molecule has 43 heavy (non-hydrogen) atoms. The molecule has 2 aromatic carbocycles. The van der Waals surface area contributed by atoms with E-state index in [0.717, 1.165) is 17.7 Å². The molecule has 0 radical (unpaired) electrons. The van der Waals surface area contributed by atoms with Crippen LogP contribution in [-0.4, -0.2) is 81.6 Å². The van der Waals surface area contributed by atoms with Crippen LogP contribution in [0, 0.1) is 6.92 Å². The Morgan fingerprint density at radius 2 is 1.93 bits per heavy atom. The molecule has 4 rings (SSSR count). The van der Waals surface area contributed by atoms with Crippen LogP contribution in [-0.2, 0) is 6.18 Å². The molecule has 0 aliphatic carbocycles. The van der Waals surface area contributed by atoms with Crippen LogP contribution >= 0.6 is 0 Å². The number of benzene rings is 2. The van der Waals surface area contributed by atoms with Crippen molar-refractivity contribution in [2.24, 2.45) is 4.99 Å². The molecule has 10 nitrogen and oxygen atoms in total. The van der Waals surface area contributed by atoms with Gasteiger partial charge in [0, 0.05) is 50.8 Å². The van der Waals surface area contributed by atoms with Gasteiger partial charge < -0.3 is 30.5 Å². The number of nitrogens with one attached hydrogen (secondary N) is 3. The van der Waals surface area contributed by atoms with Gasteiger partial charge in [-0.15, -0.1) is 0 Å². The number of nitrogens with zero attached hydrogens (tertiary/aromatic N) is 5. The van der Waals surface area contributed by atoms with E-state index < -0.39 is 17.6 Å². The predicted molar refractivity (Wildman–Crippen MR) is 162 cm³/mol. The van der Waals surface area contributed by atoms with Gasteiger partial charge in [-0.2, -0.15) is 13.2 Å². The highest BCUT2D eigenvalue weighted by Crippen LogP contribution is 2.35. The summed E-state index contributed by atoms with van der Waals surface area (Å²) in [4.78, 5) is 27.9. The minimum absolute atomic E-state index is 0.0813. The van der Waals surface area contributed by atoms with E-state index in [0.29, 0.717) is 54.3 Å². The lowest BCUT2D eigenvalue weighted by Gasteiger charge is -2.36. The molecule has 1 fully saturated rings. The van der Waals surface area contributed by atoms with Crippen LogP contribution in [0.1, 0.15) is 33.2 Å². The summed E-state index contributed by atoms with van der Waals surface area (Å²) in [6, 6.07) is 12.1. The number of aryl methyl sites for hydroxylation is 1. The number of hydrogen-bond donors (Lipinski definition) is 3. The number of halogens is 3. The number of carbonyl (C=O) groups is 1. The van der Waals surface area contributed by atoms with Crippen LogP contribution < -0.4 is 25.6 Å². The molecular formula is C30H37F3N8O2. The van der Waals surface area contributed by atoms with Crippen molar-refractivity contribution in [3.05, 3.63) is 77.0 Å². The number of pyridine rings is 1. The molecule has 0 spiro atoms. The molecule has 2 heterocycles. The summed E-state index contributed by atoms with van der Waals surface area (Å²) >= 11 is 0. The Morgan fingerprint density at radius 3 is 2.63 bits per heavy atom. The van der Waals surface area contributed by atoms with Crippen molar-refractivity contribution < 1.29 is 22.7 Å². The van der Waals surface area contributed by atoms with E-state index in [1.807, 2.05) is 43.1 Å². The van der Waals surface area contributed by atoms with Crippen LogP contribution in [0.25, 0.3) is 0 Å². The maximum Gasteiger partial charge on any atom is 0.416 e. The summed E-state index contributed by atoms with van der Waals surface area (Å²) in [7, 11) is 9.17. The molecule has 230 valence electrons. The number of alkyl halides is 3. The minimum atomic E-state index is -4.60. The third-order valence-electron chi connectivity index (χ3n) is 7.06. The van der Waals surface area contributed by atoms with Crippen molar-refractivity contribution in [2.75, 3.05) is 65.2 Å². The number of aromatic nitrogens is 1. The van der Waals surface area contributed by atoms with Crippen LogP contribution in [0.2, 0.25) is 0 Å². The Kier molecular flexibility index (Phi) is 9.77. The summed E-state index contributed by atoms with van der Waals surface area (Å²) in [6.45, 7) is 3.52. The highest BCUT2D eigenvalue weighted by atomic mass is 19.4. The zero-order chi connectivity index (χ0) is 31.3. The number of ether oxygens (including phenoxy) is 1. The van der Waals surface area contributed by atoms with Gasteiger partial charge in [0.25, 0.3) is 5.91 Å². The molecule has 3 aromatic rings. The minimum Gasteiger partial charge on any atom is -0.439 e. The summed E-state index contributed by atoms with van der Waals surface area (Å²) < 4.78 is 47.0. The van der Waals surface area contributed by atoms with Gasteiger partial charge in [0.05, 0.1) is 23.4 Å². The number of rotatable bonds is 9. The molecule has 1 amide bonds. The lowest BCUT2D eigenvalue weighted by molar-refractivity contribution is -0.137. The molecule has 0 bridgehead atoms. The first-order valence-electron chi connectivity index (χ1n) is 13.7. The lowest BCUT2D eigenvalue weighted by Crippen LogP contribution is -2.55. The first-order chi connectivity index (χ1) is 20.4. The number of anilines is 2. The third kappa shape index (κ3) is 7.73. The molecule has 1 saturated heterocycles. The Morgan fingerprint density at radius 1 is 1.16 bits per heavy atom. The maximum atomic E-state index is 13.6. The number of carbonyl (C=O) groups excluding carboxylic acids is 1. The average molecular weight is 599 g/mol. The van der Waals surface area contributed by atoms with Gasteiger partial charge in [-0.05, 0) is 70.0 Å². The van der Waals surface area contributed by atoms with Crippen molar-refractivity contribution in [2.45, 2.75) is 19.3 Å². The zero-order valence-corrected chi connectivity index (χ0v) is 25.1. The van der Waals surface area contributed by atoms with E-state index in [1.165, 1.54) is 6.07 Å². The van der Waals surface area contributed by atoms with Crippen LogP contribution in [0.15, 0.2) is 59.7 Å². The van der Waals surface area contributed by atoms with Crippen molar-refractivity contribution in [1.82, 2.24) is 25.4 Å². The normalized spacial score (nSPS) is 16.5. The second-order valence-corrected chi connectivity index (χ2v) is 10.6. The number of hydrogen-bond acceptors (Lipinski definition) is 7. The Labute approximate surface area is 249 Å². The van der Waals surface area contributed by atoms with Crippen molar-refractivity contribution in [1.29, 1.82) is 0 Å². The molecule has 1 aromatic heterocycles. The average Bonchev–Trinajstić information content (AvgIpc) is 2.97. The largest absolute Gasteiger partial charge is 0.439 e. The van der Waals surface area contributed by atoms with Crippen molar-refractivity contribution >= 4 is 23.2 Å². The first-order valence-corrected chi connectivity index (χ1v) is 13.7. The van der Waals surface area contributed by atoms with Crippen LogP contribution in [0.4, 0.5) is 24.5 Å². The Bertz CT molecular complexity index is 1480. The van der Waals surface area contributed by atoms with Crippen molar-refractivity contribution in [3.8, 4) is 11.6 Å². The van der Waals surface area contributed by atoms with Gasteiger partial charge in [-0.1, -0.05) is 6.07 Å². The summed E-state index contributed by atoms with van der Waals surface area (Å²) in [5.41, 5.74) is 1.29. The highest BCUT2D eigenvalue weighted by molar-refractivity contribution is 6.08. The van der Waals surface area contributed by atoms with Gasteiger partial charge in [0.2, 0.25) is 5.88 Å². The van der Waals surface area contributed by atoms with E-state index in [2.05, 4.69) is 25.9 Å². The predicted octanol–water partition coefficient (Wildman–Crippen LogP) is 4.52. The van der Waals surface area contributed by atoms with Crippen LogP contribution in [0.3, 0.4) is 0 Å². The number of aliphatic imine (C=N–C) groups is 1. The monoisotopic (exact) mass is 598 g/mol. The number of guanidine groups is 1. The number of likely N-dealkylation sites (N-methyl/N-ethyl adjacent to an activating group) is 2.